The summed E-state index contributed by atoms with van der Waals surface area (Å²) in [4.78, 5) is 17.4. The lowest BCUT2D eigenvalue weighted by atomic mass is 9.81. The number of ketones is 1. The molecule has 7 heteroatoms. The van der Waals surface area contributed by atoms with Crippen molar-refractivity contribution in [1.29, 1.82) is 0 Å². The molecule has 130 valence electrons. The van der Waals surface area contributed by atoms with E-state index in [0.717, 1.165) is 34.2 Å². The maximum Gasteiger partial charge on any atom is 0.227 e. The number of thioether (sulfide) groups is 1. The maximum absolute atomic E-state index is 12.8. The second kappa shape index (κ2) is 6.50. The van der Waals surface area contributed by atoms with Crippen LogP contribution in [-0.2, 0) is 4.79 Å². The van der Waals surface area contributed by atoms with Crippen molar-refractivity contribution in [2.45, 2.75) is 37.9 Å². The minimum atomic E-state index is -0.248. The van der Waals surface area contributed by atoms with Gasteiger partial charge in [-0.2, -0.15) is 4.98 Å². The van der Waals surface area contributed by atoms with Crippen molar-refractivity contribution in [2.24, 2.45) is 5.92 Å². The Bertz CT molecular complexity index is 858. The van der Waals surface area contributed by atoms with E-state index in [1.807, 2.05) is 28.9 Å². The molecule has 2 heterocycles. The van der Waals surface area contributed by atoms with Gasteiger partial charge in [0.1, 0.15) is 6.04 Å². The number of carbonyl (C=O) groups excluding carboxylic acids is 1. The predicted octanol–water partition coefficient (Wildman–Crippen LogP) is 4.31. The lowest BCUT2D eigenvalue weighted by molar-refractivity contribution is -0.117. The van der Waals surface area contributed by atoms with Gasteiger partial charge in [0, 0.05) is 22.7 Å². The number of aromatic nitrogens is 3. The van der Waals surface area contributed by atoms with E-state index in [2.05, 4.69) is 29.2 Å². The van der Waals surface area contributed by atoms with Crippen LogP contribution in [0.1, 0.15) is 38.3 Å². The Morgan fingerprint density at radius 3 is 2.80 bits per heavy atom. The van der Waals surface area contributed by atoms with E-state index >= 15 is 0 Å². The molecule has 0 spiro atoms. The van der Waals surface area contributed by atoms with Crippen molar-refractivity contribution in [2.75, 3.05) is 11.1 Å². The molecule has 2 atom stereocenters. The van der Waals surface area contributed by atoms with Crippen molar-refractivity contribution in [3.8, 4) is 0 Å². The fourth-order valence-corrected chi connectivity index (χ4v) is 4.21. The Labute approximate surface area is 155 Å². The monoisotopic (exact) mass is 374 g/mol. The molecule has 5 nitrogen and oxygen atoms in total. The van der Waals surface area contributed by atoms with Gasteiger partial charge >= 0.3 is 0 Å². The Morgan fingerprint density at radius 1 is 1.32 bits per heavy atom. The minimum Gasteiger partial charge on any atom is -0.328 e. The molecule has 0 saturated heterocycles. The smallest absolute Gasteiger partial charge is 0.227 e. The van der Waals surface area contributed by atoms with Crippen LogP contribution in [0, 0.1) is 5.92 Å². The Balaban J connectivity index is 1.86. The number of nitrogens with zero attached hydrogens (tertiary/aromatic N) is 3. The standard InChI is InChI=1S/C18H19ClN4OS/c1-3-25-18-21-17-20-13-8-10(2)9-14(24)15(13)16(23(17)22-18)11-4-6-12(19)7-5-11/h4-7,10,16H,3,8-9H2,1-2H3,(H,20,21,22). The SMILES string of the molecule is CCSc1nc2n(n1)C(c1ccc(Cl)cc1)C1=C(CC(C)CC1=O)N2. The molecular formula is C18H19ClN4OS. The average molecular weight is 375 g/mol. The number of hydrogen-bond acceptors (Lipinski definition) is 5. The van der Waals surface area contributed by atoms with E-state index in [1.165, 1.54) is 0 Å². The first-order valence-corrected chi connectivity index (χ1v) is 9.81. The summed E-state index contributed by atoms with van der Waals surface area (Å²) in [5.41, 5.74) is 2.79. The van der Waals surface area contributed by atoms with Crippen LogP contribution in [0.25, 0.3) is 0 Å². The molecule has 1 aromatic heterocycles. The van der Waals surface area contributed by atoms with Gasteiger partial charge in [-0.15, -0.1) is 5.10 Å². The average Bonchev–Trinajstić information content (AvgIpc) is 2.96. The van der Waals surface area contributed by atoms with E-state index in [0.29, 0.717) is 23.3 Å². The number of anilines is 1. The number of Topliss-reactive ketones (excluding diaryl/α,β-unsaturated/α-hetero) is 1. The zero-order valence-electron chi connectivity index (χ0n) is 14.1. The van der Waals surface area contributed by atoms with Crippen LogP contribution < -0.4 is 5.32 Å². The van der Waals surface area contributed by atoms with Gasteiger partial charge in [-0.1, -0.05) is 49.3 Å². The number of halogens is 1. The third-order valence-corrected chi connectivity index (χ3v) is 5.54. The molecule has 2 aromatic rings. The number of benzene rings is 1. The molecule has 4 rings (SSSR count). The first-order chi connectivity index (χ1) is 12.1. The highest BCUT2D eigenvalue weighted by Gasteiger charge is 2.38. The largest absolute Gasteiger partial charge is 0.328 e. The van der Waals surface area contributed by atoms with E-state index in [1.54, 1.807) is 11.8 Å². The zero-order chi connectivity index (χ0) is 17.6. The summed E-state index contributed by atoms with van der Waals surface area (Å²) in [7, 11) is 0. The second-order valence-electron chi connectivity index (χ2n) is 6.50. The third-order valence-electron chi connectivity index (χ3n) is 4.56. The van der Waals surface area contributed by atoms with Crippen LogP contribution in [0.2, 0.25) is 5.02 Å². The summed E-state index contributed by atoms with van der Waals surface area (Å²) in [5.74, 6) is 2.13. The summed E-state index contributed by atoms with van der Waals surface area (Å²) in [6.45, 7) is 4.18. The molecule has 2 unspecified atom stereocenters. The van der Waals surface area contributed by atoms with Crippen molar-refractivity contribution in [1.82, 2.24) is 14.8 Å². The van der Waals surface area contributed by atoms with Gasteiger partial charge in [-0.25, -0.2) is 4.68 Å². The van der Waals surface area contributed by atoms with Crippen molar-refractivity contribution >= 4 is 35.1 Å². The van der Waals surface area contributed by atoms with E-state index in [-0.39, 0.29) is 11.8 Å². The van der Waals surface area contributed by atoms with Crippen LogP contribution in [0.5, 0.6) is 0 Å². The molecule has 25 heavy (non-hydrogen) atoms. The van der Waals surface area contributed by atoms with Crippen LogP contribution in [-0.4, -0.2) is 26.3 Å². The molecular weight excluding hydrogens is 356 g/mol. The molecule has 1 aromatic carbocycles. The molecule has 0 amide bonds. The summed E-state index contributed by atoms with van der Waals surface area (Å²) in [6, 6.07) is 7.39. The Kier molecular flexibility index (Phi) is 4.33. The van der Waals surface area contributed by atoms with E-state index in [9.17, 15) is 4.79 Å². The molecule has 2 aliphatic rings. The molecule has 0 fully saturated rings. The quantitative estimate of drug-likeness (QED) is 0.811. The second-order valence-corrected chi connectivity index (χ2v) is 8.17. The fourth-order valence-electron chi connectivity index (χ4n) is 3.53. The first kappa shape index (κ1) is 16.7. The van der Waals surface area contributed by atoms with Gasteiger partial charge in [0.15, 0.2) is 5.78 Å². The Hall–Kier alpha value is -1.79. The maximum atomic E-state index is 12.8. The van der Waals surface area contributed by atoms with Gasteiger partial charge < -0.3 is 5.32 Å². The highest BCUT2D eigenvalue weighted by atomic mass is 35.5. The topological polar surface area (TPSA) is 59.8 Å². The lowest BCUT2D eigenvalue weighted by Crippen LogP contribution is -2.33. The summed E-state index contributed by atoms with van der Waals surface area (Å²) < 4.78 is 1.84. The highest BCUT2D eigenvalue weighted by molar-refractivity contribution is 7.99. The van der Waals surface area contributed by atoms with Gasteiger partial charge in [0.2, 0.25) is 11.1 Å². The van der Waals surface area contributed by atoms with Gasteiger partial charge in [0.05, 0.1) is 0 Å². The summed E-state index contributed by atoms with van der Waals surface area (Å²) in [6.07, 6.45) is 1.43. The van der Waals surface area contributed by atoms with Gasteiger partial charge in [-0.05, 0) is 35.8 Å². The summed E-state index contributed by atoms with van der Waals surface area (Å²) in [5, 5.41) is 9.41. The number of carbonyl (C=O) groups is 1. The number of fused-ring (bicyclic) bond motifs is 1. The molecule has 1 aliphatic carbocycles. The number of nitrogens with one attached hydrogen (secondary N) is 1. The lowest BCUT2D eigenvalue weighted by Gasteiger charge is -2.34. The molecule has 0 saturated carbocycles. The normalized spacial score (nSPS) is 22.4. The number of rotatable bonds is 3. The number of hydrogen-bond donors (Lipinski definition) is 1. The van der Waals surface area contributed by atoms with Crippen molar-refractivity contribution in [3.05, 3.63) is 46.1 Å². The molecule has 0 bridgehead atoms. The summed E-state index contributed by atoms with van der Waals surface area (Å²) >= 11 is 7.65. The predicted molar refractivity (Wildman–Crippen MR) is 100 cm³/mol. The Morgan fingerprint density at radius 2 is 2.08 bits per heavy atom. The fraction of sp³-hybridized carbons (Fsp3) is 0.389. The first-order valence-electron chi connectivity index (χ1n) is 8.45. The molecule has 1 N–H and O–H groups in total. The zero-order valence-corrected chi connectivity index (χ0v) is 15.7. The van der Waals surface area contributed by atoms with Crippen LogP contribution in [0.4, 0.5) is 5.95 Å². The van der Waals surface area contributed by atoms with Crippen LogP contribution in [0.3, 0.4) is 0 Å². The van der Waals surface area contributed by atoms with E-state index in [4.69, 9.17) is 11.6 Å². The molecule has 0 radical (unpaired) electrons. The van der Waals surface area contributed by atoms with Crippen LogP contribution >= 0.6 is 23.4 Å². The minimum absolute atomic E-state index is 0.187. The van der Waals surface area contributed by atoms with Gasteiger partial charge in [0.25, 0.3) is 0 Å². The third kappa shape index (κ3) is 2.98. The van der Waals surface area contributed by atoms with Gasteiger partial charge in [-0.3, -0.25) is 4.79 Å². The van der Waals surface area contributed by atoms with E-state index < -0.39 is 0 Å². The van der Waals surface area contributed by atoms with Crippen molar-refractivity contribution < 1.29 is 4.79 Å². The highest BCUT2D eigenvalue weighted by Crippen LogP contribution is 2.41. The number of allylic oxidation sites excluding steroid dienone is 2. The van der Waals surface area contributed by atoms with Crippen LogP contribution in [0.15, 0.2) is 40.7 Å². The van der Waals surface area contributed by atoms with Crippen molar-refractivity contribution in [3.63, 3.8) is 0 Å². The molecule has 1 aliphatic heterocycles.